The Morgan fingerprint density at radius 3 is 2.59 bits per heavy atom. The molecular weight excluding hydrogens is 358 g/mol. The van der Waals surface area contributed by atoms with Crippen LogP contribution in [0.5, 0.6) is 0 Å². The van der Waals surface area contributed by atoms with Crippen LogP contribution in [-0.4, -0.2) is 32.6 Å². The molecule has 138 valence electrons. The Bertz CT molecular complexity index is 919. The average molecular weight is 379 g/mol. The number of aromatic nitrogens is 3. The minimum absolute atomic E-state index is 0.185. The van der Waals surface area contributed by atoms with Gasteiger partial charge in [0.2, 0.25) is 0 Å². The molecule has 7 heteroatoms. The molecule has 0 atom stereocenters. The van der Waals surface area contributed by atoms with Crippen LogP contribution < -0.4 is 5.43 Å². The summed E-state index contributed by atoms with van der Waals surface area (Å²) in [5, 5.41) is 13.2. The van der Waals surface area contributed by atoms with Gasteiger partial charge in [0.05, 0.1) is 12.0 Å². The highest BCUT2D eigenvalue weighted by molar-refractivity contribution is 7.99. The Kier molecular flexibility index (Phi) is 6.38. The standard InChI is InChI=1S/C20H21N5OS/c1-3-25-19(17-7-5-4-6-8-17)23-24-20(25)27-14-18(26)22-21-13-16-11-9-15(2)10-12-16/h4-13H,3,14H2,1-2H3,(H,22,26). The summed E-state index contributed by atoms with van der Waals surface area (Å²) in [4.78, 5) is 12.0. The molecule has 0 aliphatic rings. The summed E-state index contributed by atoms with van der Waals surface area (Å²) in [6.07, 6.45) is 1.63. The van der Waals surface area contributed by atoms with Crippen LogP contribution in [0.1, 0.15) is 18.1 Å². The molecule has 6 nitrogen and oxygen atoms in total. The van der Waals surface area contributed by atoms with Gasteiger partial charge in [-0.2, -0.15) is 5.10 Å². The highest BCUT2D eigenvalue weighted by Crippen LogP contribution is 2.23. The summed E-state index contributed by atoms with van der Waals surface area (Å²) < 4.78 is 2.00. The molecule has 1 amide bonds. The van der Waals surface area contributed by atoms with Gasteiger partial charge in [0.15, 0.2) is 11.0 Å². The third kappa shape index (κ3) is 5.04. The van der Waals surface area contributed by atoms with E-state index in [0.29, 0.717) is 5.16 Å². The lowest BCUT2D eigenvalue weighted by atomic mass is 10.2. The van der Waals surface area contributed by atoms with E-state index in [1.165, 1.54) is 17.3 Å². The molecule has 0 unspecified atom stereocenters. The normalized spacial score (nSPS) is 11.0. The maximum Gasteiger partial charge on any atom is 0.250 e. The summed E-state index contributed by atoms with van der Waals surface area (Å²) in [7, 11) is 0. The van der Waals surface area contributed by atoms with E-state index >= 15 is 0 Å². The predicted molar refractivity (Wildman–Crippen MR) is 109 cm³/mol. The van der Waals surface area contributed by atoms with Crippen molar-refractivity contribution >= 4 is 23.9 Å². The molecule has 0 fully saturated rings. The van der Waals surface area contributed by atoms with Crippen molar-refractivity contribution in [3.63, 3.8) is 0 Å². The Hall–Kier alpha value is -2.93. The van der Waals surface area contributed by atoms with Crippen molar-refractivity contribution in [1.29, 1.82) is 0 Å². The van der Waals surface area contributed by atoms with Crippen LogP contribution in [0.25, 0.3) is 11.4 Å². The molecule has 1 heterocycles. The van der Waals surface area contributed by atoms with Gasteiger partial charge >= 0.3 is 0 Å². The SMILES string of the molecule is CCn1c(SCC(=O)NN=Cc2ccc(C)cc2)nnc1-c1ccccc1. The first-order valence-electron chi connectivity index (χ1n) is 8.67. The van der Waals surface area contributed by atoms with E-state index in [0.717, 1.165) is 23.5 Å². The van der Waals surface area contributed by atoms with Crippen LogP contribution in [0, 0.1) is 6.92 Å². The zero-order valence-corrected chi connectivity index (χ0v) is 16.1. The molecule has 0 saturated carbocycles. The van der Waals surface area contributed by atoms with Gasteiger partial charge in [0, 0.05) is 12.1 Å². The van der Waals surface area contributed by atoms with Gasteiger partial charge in [-0.3, -0.25) is 4.79 Å². The topological polar surface area (TPSA) is 72.2 Å². The van der Waals surface area contributed by atoms with Crippen molar-refractivity contribution in [2.24, 2.45) is 5.10 Å². The third-order valence-corrected chi connectivity index (χ3v) is 4.84. The summed E-state index contributed by atoms with van der Waals surface area (Å²) in [6.45, 7) is 4.79. The molecule has 0 aliphatic heterocycles. The van der Waals surface area contributed by atoms with Crippen LogP contribution in [-0.2, 0) is 11.3 Å². The predicted octanol–water partition coefficient (Wildman–Crippen LogP) is 3.52. The molecule has 2 aromatic carbocycles. The quantitative estimate of drug-likeness (QED) is 0.387. The number of rotatable bonds is 7. The second-order valence-electron chi connectivity index (χ2n) is 5.91. The Morgan fingerprint density at radius 1 is 1.15 bits per heavy atom. The van der Waals surface area contributed by atoms with Gasteiger partial charge < -0.3 is 4.57 Å². The van der Waals surface area contributed by atoms with Gasteiger partial charge in [-0.1, -0.05) is 71.9 Å². The lowest BCUT2D eigenvalue weighted by Crippen LogP contribution is -2.20. The summed E-state index contributed by atoms with van der Waals surface area (Å²) >= 11 is 1.35. The van der Waals surface area contributed by atoms with Gasteiger partial charge in [-0.05, 0) is 19.4 Å². The smallest absolute Gasteiger partial charge is 0.250 e. The largest absolute Gasteiger partial charge is 0.302 e. The summed E-state index contributed by atoms with van der Waals surface area (Å²) in [5.74, 6) is 0.840. The third-order valence-electron chi connectivity index (χ3n) is 3.88. The van der Waals surface area contributed by atoms with Gasteiger partial charge in [-0.15, -0.1) is 10.2 Å². The monoisotopic (exact) mass is 379 g/mol. The number of nitrogens with zero attached hydrogens (tertiary/aromatic N) is 4. The van der Waals surface area contributed by atoms with Crippen molar-refractivity contribution in [3.05, 3.63) is 65.7 Å². The molecule has 3 rings (SSSR count). The number of hydrogen-bond acceptors (Lipinski definition) is 5. The van der Waals surface area contributed by atoms with Crippen LogP contribution >= 0.6 is 11.8 Å². The number of nitrogens with one attached hydrogen (secondary N) is 1. The first-order chi connectivity index (χ1) is 13.2. The number of carbonyl (C=O) groups is 1. The van der Waals surface area contributed by atoms with Gasteiger partial charge in [-0.25, -0.2) is 5.43 Å². The summed E-state index contributed by atoms with van der Waals surface area (Å²) in [5.41, 5.74) is 5.67. The van der Waals surface area contributed by atoms with Crippen LogP contribution in [0.4, 0.5) is 0 Å². The number of hydrogen-bond donors (Lipinski definition) is 1. The molecule has 3 aromatic rings. The number of benzene rings is 2. The average Bonchev–Trinajstić information content (AvgIpc) is 3.11. The lowest BCUT2D eigenvalue weighted by molar-refractivity contribution is -0.118. The van der Waals surface area contributed by atoms with E-state index in [2.05, 4.69) is 20.7 Å². The first-order valence-corrected chi connectivity index (χ1v) is 9.66. The molecule has 0 radical (unpaired) electrons. The van der Waals surface area contributed by atoms with Gasteiger partial charge in [0.25, 0.3) is 5.91 Å². The molecular formula is C20H21N5OS. The minimum atomic E-state index is -0.185. The van der Waals surface area contributed by atoms with Crippen molar-refractivity contribution < 1.29 is 4.79 Å². The van der Waals surface area contributed by atoms with E-state index in [1.54, 1.807) is 6.21 Å². The fourth-order valence-electron chi connectivity index (χ4n) is 2.48. The molecule has 0 spiro atoms. The molecule has 27 heavy (non-hydrogen) atoms. The van der Waals surface area contributed by atoms with E-state index in [4.69, 9.17) is 0 Å². The van der Waals surface area contributed by atoms with E-state index < -0.39 is 0 Å². The van der Waals surface area contributed by atoms with Crippen molar-refractivity contribution in [2.45, 2.75) is 25.5 Å². The van der Waals surface area contributed by atoms with Crippen molar-refractivity contribution in [3.8, 4) is 11.4 Å². The van der Waals surface area contributed by atoms with Crippen LogP contribution in [0.15, 0.2) is 64.9 Å². The maximum absolute atomic E-state index is 12.0. The molecule has 0 saturated heterocycles. The maximum atomic E-state index is 12.0. The van der Waals surface area contributed by atoms with Crippen LogP contribution in [0.3, 0.4) is 0 Å². The minimum Gasteiger partial charge on any atom is -0.302 e. The van der Waals surface area contributed by atoms with Crippen molar-refractivity contribution in [1.82, 2.24) is 20.2 Å². The second kappa shape index (κ2) is 9.14. The molecule has 0 bridgehead atoms. The van der Waals surface area contributed by atoms with E-state index in [1.807, 2.05) is 73.0 Å². The Balaban J connectivity index is 1.57. The molecule has 1 N–H and O–H groups in total. The van der Waals surface area contributed by atoms with Crippen LogP contribution in [0.2, 0.25) is 0 Å². The number of amides is 1. The Labute approximate surface area is 162 Å². The lowest BCUT2D eigenvalue weighted by Gasteiger charge is -2.06. The number of thioether (sulfide) groups is 1. The molecule has 1 aromatic heterocycles. The fraction of sp³-hybridized carbons (Fsp3) is 0.200. The van der Waals surface area contributed by atoms with E-state index in [-0.39, 0.29) is 11.7 Å². The second-order valence-corrected chi connectivity index (χ2v) is 6.85. The van der Waals surface area contributed by atoms with Gasteiger partial charge in [0.1, 0.15) is 0 Å². The Morgan fingerprint density at radius 2 is 1.89 bits per heavy atom. The van der Waals surface area contributed by atoms with Crippen molar-refractivity contribution in [2.75, 3.05) is 5.75 Å². The number of aryl methyl sites for hydroxylation is 1. The number of carbonyl (C=O) groups excluding carboxylic acids is 1. The van der Waals surface area contributed by atoms with E-state index in [9.17, 15) is 4.79 Å². The number of hydrazone groups is 1. The highest BCUT2D eigenvalue weighted by atomic mass is 32.2. The fourth-order valence-corrected chi connectivity index (χ4v) is 3.27. The molecule has 0 aliphatic carbocycles. The highest BCUT2D eigenvalue weighted by Gasteiger charge is 2.14. The summed E-state index contributed by atoms with van der Waals surface area (Å²) in [6, 6.07) is 17.8. The first kappa shape index (κ1) is 18.8. The zero-order valence-electron chi connectivity index (χ0n) is 15.3. The zero-order chi connectivity index (χ0) is 19.1.